The number of piperidine rings is 1. The molecule has 1 aliphatic rings. The van der Waals surface area contributed by atoms with Gasteiger partial charge in [-0.3, -0.25) is 4.79 Å². The first kappa shape index (κ1) is 14.5. The van der Waals surface area contributed by atoms with E-state index in [2.05, 4.69) is 16.7 Å². The van der Waals surface area contributed by atoms with Crippen LogP contribution in [0.3, 0.4) is 0 Å². The smallest absolute Gasteiger partial charge is 0.229 e. The molecular formula is C14H22N2O2S. The van der Waals surface area contributed by atoms with E-state index in [1.54, 1.807) is 18.4 Å². The Labute approximate surface area is 118 Å². The maximum atomic E-state index is 12.6. The van der Waals surface area contributed by atoms with E-state index in [1.807, 2.05) is 18.4 Å². The van der Waals surface area contributed by atoms with Crippen LogP contribution in [-0.4, -0.2) is 32.7 Å². The van der Waals surface area contributed by atoms with Crippen LogP contribution in [0.15, 0.2) is 17.5 Å². The lowest BCUT2D eigenvalue weighted by molar-refractivity contribution is -0.136. The fraction of sp³-hybridized carbons (Fsp3) is 0.643. The summed E-state index contributed by atoms with van der Waals surface area (Å²) in [7, 11) is 1.67. The van der Waals surface area contributed by atoms with Gasteiger partial charge in [-0.2, -0.15) is 0 Å². The van der Waals surface area contributed by atoms with Crippen molar-refractivity contribution in [2.75, 3.05) is 26.8 Å². The number of carbonyl (C=O) groups excluding carboxylic acids is 1. The molecule has 4 nitrogen and oxygen atoms in total. The molecule has 1 aromatic rings. The standard InChI is InChI=1S/C14H22N2O2S/c1-11(12-4-3-9-19-12)16-13(17)14(10-18-2)5-7-15-8-6-14/h3-4,9,11,15H,5-8,10H2,1-2H3,(H,16,17)/t11-/m1/s1. The summed E-state index contributed by atoms with van der Waals surface area (Å²) in [6, 6.07) is 4.13. The largest absolute Gasteiger partial charge is 0.384 e. The lowest BCUT2D eigenvalue weighted by atomic mass is 9.78. The van der Waals surface area contributed by atoms with Crippen molar-refractivity contribution in [3.05, 3.63) is 22.4 Å². The number of ether oxygens (including phenoxy) is 1. The van der Waals surface area contributed by atoms with E-state index >= 15 is 0 Å². The van der Waals surface area contributed by atoms with E-state index in [1.165, 1.54) is 4.88 Å². The van der Waals surface area contributed by atoms with Crippen molar-refractivity contribution in [2.24, 2.45) is 5.41 Å². The molecule has 0 radical (unpaired) electrons. The van der Waals surface area contributed by atoms with Crippen molar-refractivity contribution in [2.45, 2.75) is 25.8 Å². The summed E-state index contributed by atoms with van der Waals surface area (Å²) >= 11 is 1.67. The maximum absolute atomic E-state index is 12.6. The molecule has 0 unspecified atom stereocenters. The van der Waals surface area contributed by atoms with Crippen molar-refractivity contribution < 1.29 is 9.53 Å². The number of methoxy groups -OCH3 is 1. The van der Waals surface area contributed by atoms with Crippen molar-refractivity contribution in [3.63, 3.8) is 0 Å². The van der Waals surface area contributed by atoms with Crippen LogP contribution in [0.25, 0.3) is 0 Å². The fourth-order valence-electron chi connectivity index (χ4n) is 2.58. The summed E-state index contributed by atoms with van der Waals surface area (Å²) in [6.07, 6.45) is 1.67. The predicted molar refractivity (Wildman–Crippen MR) is 77.3 cm³/mol. The van der Waals surface area contributed by atoms with E-state index in [-0.39, 0.29) is 17.4 Å². The van der Waals surface area contributed by atoms with Gasteiger partial charge in [0, 0.05) is 12.0 Å². The van der Waals surface area contributed by atoms with Crippen molar-refractivity contribution >= 4 is 17.2 Å². The SMILES string of the molecule is COCC1(C(=O)N[C@H](C)c2cccs2)CCNCC1. The summed E-state index contributed by atoms with van der Waals surface area (Å²) in [5.41, 5.74) is -0.370. The lowest BCUT2D eigenvalue weighted by Gasteiger charge is -2.36. The maximum Gasteiger partial charge on any atom is 0.229 e. The second-order valence-electron chi connectivity index (χ2n) is 5.17. The van der Waals surface area contributed by atoms with Crippen LogP contribution in [0.1, 0.15) is 30.7 Å². The molecule has 1 aliphatic heterocycles. The van der Waals surface area contributed by atoms with Gasteiger partial charge in [-0.1, -0.05) is 6.07 Å². The molecule has 0 bridgehead atoms. The Kier molecular flexibility index (Phi) is 4.96. The molecule has 2 N–H and O–H groups in total. The van der Waals surface area contributed by atoms with Crippen LogP contribution in [0.5, 0.6) is 0 Å². The topological polar surface area (TPSA) is 50.4 Å². The highest BCUT2D eigenvalue weighted by Gasteiger charge is 2.40. The van der Waals surface area contributed by atoms with Crippen LogP contribution in [0, 0.1) is 5.41 Å². The molecule has 0 aromatic carbocycles. The van der Waals surface area contributed by atoms with Gasteiger partial charge < -0.3 is 15.4 Å². The molecule has 2 rings (SSSR count). The highest BCUT2D eigenvalue weighted by atomic mass is 32.1. The van der Waals surface area contributed by atoms with Gasteiger partial charge in [-0.15, -0.1) is 11.3 Å². The molecule has 0 spiro atoms. The molecule has 106 valence electrons. The molecule has 1 fully saturated rings. The van der Waals surface area contributed by atoms with Crippen LogP contribution < -0.4 is 10.6 Å². The average molecular weight is 282 g/mol. The van der Waals surface area contributed by atoms with Gasteiger partial charge in [-0.25, -0.2) is 0 Å². The minimum atomic E-state index is -0.370. The summed E-state index contributed by atoms with van der Waals surface area (Å²) in [6.45, 7) is 4.29. The highest BCUT2D eigenvalue weighted by molar-refractivity contribution is 7.10. The van der Waals surface area contributed by atoms with E-state index in [0.29, 0.717) is 6.61 Å². The third kappa shape index (κ3) is 3.35. The van der Waals surface area contributed by atoms with E-state index < -0.39 is 0 Å². The average Bonchev–Trinajstić information content (AvgIpc) is 2.94. The Morgan fingerprint density at radius 3 is 2.89 bits per heavy atom. The van der Waals surface area contributed by atoms with Crippen molar-refractivity contribution in [3.8, 4) is 0 Å². The molecular weight excluding hydrogens is 260 g/mol. The Bertz CT molecular complexity index is 394. The molecule has 5 heteroatoms. The van der Waals surface area contributed by atoms with Crippen LogP contribution in [0.4, 0.5) is 0 Å². The predicted octanol–water partition coefficient (Wildman–Crippen LogP) is 1.94. The van der Waals surface area contributed by atoms with Crippen LogP contribution in [0.2, 0.25) is 0 Å². The zero-order valence-corrected chi connectivity index (χ0v) is 12.4. The molecule has 2 heterocycles. The number of rotatable bonds is 5. The Balaban J connectivity index is 2.03. The number of hydrogen-bond donors (Lipinski definition) is 2. The summed E-state index contributed by atoms with van der Waals surface area (Å²) in [5.74, 6) is 0.122. The van der Waals surface area contributed by atoms with Gasteiger partial charge in [0.15, 0.2) is 0 Å². The molecule has 0 saturated carbocycles. The third-order valence-electron chi connectivity index (χ3n) is 3.78. The fourth-order valence-corrected chi connectivity index (χ4v) is 3.31. The normalized spacial score (nSPS) is 19.9. The molecule has 1 atom stereocenters. The highest BCUT2D eigenvalue weighted by Crippen LogP contribution is 2.31. The van der Waals surface area contributed by atoms with Gasteiger partial charge in [0.2, 0.25) is 5.91 Å². The Morgan fingerprint density at radius 1 is 1.58 bits per heavy atom. The van der Waals surface area contributed by atoms with Gasteiger partial charge in [0.05, 0.1) is 18.1 Å². The van der Waals surface area contributed by atoms with Crippen molar-refractivity contribution in [1.29, 1.82) is 0 Å². The van der Waals surface area contributed by atoms with Crippen LogP contribution >= 0.6 is 11.3 Å². The number of thiophene rings is 1. The molecule has 1 saturated heterocycles. The van der Waals surface area contributed by atoms with Gasteiger partial charge in [0.1, 0.15) is 0 Å². The van der Waals surface area contributed by atoms with E-state index in [0.717, 1.165) is 25.9 Å². The first-order valence-corrected chi connectivity index (χ1v) is 7.60. The first-order valence-electron chi connectivity index (χ1n) is 6.72. The number of hydrogen-bond acceptors (Lipinski definition) is 4. The summed E-state index contributed by atoms with van der Waals surface area (Å²) < 4.78 is 5.29. The van der Waals surface area contributed by atoms with E-state index in [4.69, 9.17) is 4.74 Å². The zero-order valence-electron chi connectivity index (χ0n) is 11.6. The van der Waals surface area contributed by atoms with Gasteiger partial charge >= 0.3 is 0 Å². The number of nitrogens with one attached hydrogen (secondary N) is 2. The van der Waals surface area contributed by atoms with Gasteiger partial charge in [0.25, 0.3) is 0 Å². The zero-order chi connectivity index (χ0) is 13.7. The summed E-state index contributed by atoms with van der Waals surface area (Å²) in [4.78, 5) is 13.8. The van der Waals surface area contributed by atoms with Crippen molar-refractivity contribution in [1.82, 2.24) is 10.6 Å². The third-order valence-corrected chi connectivity index (χ3v) is 4.84. The summed E-state index contributed by atoms with van der Waals surface area (Å²) in [5, 5.41) is 8.48. The second kappa shape index (κ2) is 6.50. The monoisotopic (exact) mass is 282 g/mol. The van der Waals surface area contributed by atoms with E-state index in [9.17, 15) is 4.79 Å². The Morgan fingerprint density at radius 2 is 2.32 bits per heavy atom. The van der Waals surface area contributed by atoms with Crippen LogP contribution in [-0.2, 0) is 9.53 Å². The quantitative estimate of drug-likeness (QED) is 0.868. The minimum Gasteiger partial charge on any atom is -0.384 e. The molecule has 19 heavy (non-hydrogen) atoms. The number of carbonyl (C=O) groups is 1. The second-order valence-corrected chi connectivity index (χ2v) is 6.15. The lowest BCUT2D eigenvalue weighted by Crippen LogP contribution is -2.50. The number of amides is 1. The van der Waals surface area contributed by atoms with Gasteiger partial charge in [-0.05, 0) is 44.3 Å². The first-order chi connectivity index (χ1) is 9.18. The molecule has 0 aliphatic carbocycles. The minimum absolute atomic E-state index is 0.0658. The molecule has 1 amide bonds. The molecule has 1 aromatic heterocycles. The Hall–Kier alpha value is -0.910.